The van der Waals surface area contributed by atoms with E-state index in [2.05, 4.69) is 40.0 Å². The number of anilines is 1. The Balaban J connectivity index is 1.69. The van der Waals surface area contributed by atoms with E-state index in [1.54, 1.807) is 6.07 Å². The monoisotopic (exact) mass is 345 g/mol. The Bertz CT molecular complexity index is 819. The van der Waals surface area contributed by atoms with Gasteiger partial charge < -0.3 is 4.90 Å². The lowest BCUT2D eigenvalue weighted by Gasteiger charge is -2.27. The molecule has 5 heteroatoms. The molecule has 0 amide bonds. The van der Waals surface area contributed by atoms with Gasteiger partial charge in [0.15, 0.2) is 0 Å². The highest BCUT2D eigenvalue weighted by Crippen LogP contribution is 2.27. The predicted octanol–water partition coefficient (Wildman–Crippen LogP) is 3.32. The number of aromatic nitrogens is 1. The van der Waals surface area contributed by atoms with E-state index in [9.17, 15) is 10.5 Å². The third kappa shape index (κ3) is 4.02. The van der Waals surface area contributed by atoms with E-state index in [1.165, 1.54) is 0 Å². The van der Waals surface area contributed by atoms with Gasteiger partial charge in [-0.25, -0.2) is 0 Å². The van der Waals surface area contributed by atoms with Crippen LogP contribution in [0.2, 0.25) is 0 Å². The molecular weight excluding hydrogens is 322 g/mol. The molecule has 1 aromatic heterocycles. The number of pyridine rings is 1. The highest BCUT2D eigenvalue weighted by molar-refractivity contribution is 5.65. The van der Waals surface area contributed by atoms with E-state index in [-0.39, 0.29) is 0 Å². The minimum Gasteiger partial charge on any atom is -0.370 e. The molecule has 132 valence electrons. The Kier molecular flexibility index (Phi) is 5.84. The molecule has 1 aliphatic heterocycles. The van der Waals surface area contributed by atoms with Crippen molar-refractivity contribution in [3.63, 3.8) is 0 Å². The first kappa shape index (κ1) is 17.9. The molecule has 0 saturated carbocycles. The molecule has 0 N–H and O–H groups in total. The highest BCUT2D eigenvalue weighted by atomic mass is 15.2. The molecule has 1 aliphatic rings. The Hall–Kier alpha value is -2.89. The van der Waals surface area contributed by atoms with Crippen molar-refractivity contribution in [3.05, 3.63) is 59.4 Å². The van der Waals surface area contributed by atoms with Gasteiger partial charge in [-0.3, -0.25) is 9.88 Å². The highest BCUT2D eigenvalue weighted by Gasteiger charge is 2.22. The van der Waals surface area contributed by atoms with Gasteiger partial charge in [-0.05, 0) is 50.6 Å². The molecule has 1 aromatic carbocycles. The molecule has 1 unspecified atom stereocenters. The fraction of sp³-hybridized carbons (Fsp3) is 0.381. The van der Waals surface area contributed by atoms with Crippen LogP contribution in [0.15, 0.2) is 42.6 Å². The van der Waals surface area contributed by atoms with Crippen molar-refractivity contribution >= 4 is 5.69 Å². The fourth-order valence-electron chi connectivity index (χ4n) is 3.65. The van der Waals surface area contributed by atoms with Crippen molar-refractivity contribution < 1.29 is 0 Å². The summed E-state index contributed by atoms with van der Waals surface area (Å²) in [6.45, 7) is 2.65. The van der Waals surface area contributed by atoms with E-state index < -0.39 is 0 Å². The molecule has 1 atom stereocenters. The van der Waals surface area contributed by atoms with Gasteiger partial charge in [-0.15, -0.1) is 0 Å². The number of hydrogen-bond acceptors (Lipinski definition) is 5. The molecule has 1 saturated heterocycles. The van der Waals surface area contributed by atoms with Crippen LogP contribution < -0.4 is 4.90 Å². The van der Waals surface area contributed by atoms with Crippen LogP contribution in [-0.2, 0) is 6.54 Å². The SMILES string of the molecule is CN(Cc1ccccn1)C1CCCN(c2cccc(C#N)c2C#N)CC1. The second kappa shape index (κ2) is 8.47. The fourth-order valence-corrected chi connectivity index (χ4v) is 3.65. The smallest absolute Gasteiger partial charge is 0.103 e. The lowest BCUT2D eigenvalue weighted by atomic mass is 10.1. The molecule has 2 aromatic rings. The van der Waals surface area contributed by atoms with Gasteiger partial charge in [0.1, 0.15) is 12.1 Å². The van der Waals surface area contributed by atoms with E-state index in [1.807, 2.05) is 30.5 Å². The number of nitrogens with zero attached hydrogens (tertiary/aromatic N) is 5. The van der Waals surface area contributed by atoms with Crippen molar-refractivity contribution in [1.29, 1.82) is 10.5 Å². The summed E-state index contributed by atoms with van der Waals surface area (Å²) in [7, 11) is 2.16. The molecule has 0 bridgehead atoms. The largest absolute Gasteiger partial charge is 0.370 e. The summed E-state index contributed by atoms with van der Waals surface area (Å²) in [5, 5.41) is 18.7. The van der Waals surface area contributed by atoms with Crippen molar-refractivity contribution in [2.75, 3.05) is 25.0 Å². The number of hydrogen-bond donors (Lipinski definition) is 0. The van der Waals surface area contributed by atoms with Crippen molar-refractivity contribution in [2.45, 2.75) is 31.8 Å². The zero-order chi connectivity index (χ0) is 18.4. The van der Waals surface area contributed by atoms with Gasteiger partial charge in [-0.2, -0.15) is 10.5 Å². The standard InChI is InChI=1S/C21H23N5/c1-25(16-18-7-2-3-11-24-18)19-8-5-12-26(13-10-19)21-9-4-6-17(14-22)20(21)15-23/h2-4,6-7,9,11,19H,5,8,10,12-13,16H2,1H3. The minimum absolute atomic E-state index is 0.457. The Morgan fingerprint density at radius 3 is 2.73 bits per heavy atom. The third-order valence-electron chi connectivity index (χ3n) is 5.07. The molecule has 1 fully saturated rings. The second-order valence-corrected chi connectivity index (χ2v) is 6.73. The predicted molar refractivity (Wildman–Crippen MR) is 101 cm³/mol. The van der Waals surface area contributed by atoms with Crippen LogP contribution >= 0.6 is 0 Å². The molecule has 0 aliphatic carbocycles. The maximum absolute atomic E-state index is 9.49. The Morgan fingerprint density at radius 1 is 1.12 bits per heavy atom. The van der Waals surface area contributed by atoms with E-state index in [0.29, 0.717) is 17.2 Å². The maximum atomic E-state index is 9.49. The van der Waals surface area contributed by atoms with Crippen LogP contribution in [0.4, 0.5) is 5.69 Å². The maximum Gasteiger partial charge on any atom is 0.103 e. The van der Waals surface area contributed by atoms with Gasteiger partial charge in [0, 0.05) is 31.9 Å². The molecule has 5 nitrogen and oxygen atoms in total. The van der Waals surface area contributed by atoms with E-state index >= 15 is 0 Å². The topological polar surface area (TPSA) is 67.0 Å². The summed E-state index contributed by atoms with van der Waals surface area (Å²) >= 11 is 0. The van der Waals surface area contributed by atoms with E-state index in [4.69, 9.17) is 0 Å². The van der Waals surface area contributed by atoms with Crippen LogP contribution in [0.3, 0.4) is 0 Å². The van der Waals surface area contributed by atoms with Gasteiger partial charge in [0.2, 0.25) is 0 Å². The normalized spacial score (nSPS) is 17.4. The van der Waals surface area contributed by atoms with Crippen LogP contribution in [0, 0.1) is 22.7 Å². The van der Waals surface area contributed by atoms with E-state index in [0.717, 1.165) is 50.3 Å². The lowest BCUT2D eigenvalue weighted by Crippen LogP contribution is -2.33. The summed E-state index contributed by atoms with van der Waals surface area (Å²) in [5.74, 6) is 0. The first-order chi connectivity index (χ1) is 12.7. The number of rotatable bonds is 4. The van der Waals surface area contributed by atoms with Crippen LogP contribution in [0.25, 0.3) is 0 Å². The molecule has 2 heterocycles. The minimum atomic E-state index is 0.457. The first-order valence-electron chi connectivity index (χ1n) is 9.01. The number of nitriles is 2. The summed E-state index contributed by atoms with van der Waals surface area (Å²) < 4.78 is 0. The van der Waals surface area contributed by atoms with Crippen molar-refractivity contribution in [1.82, 2.24) is 9.88 Å². The van der Waals surface area contributed by atoms with Crippen LogP contribution in [-0.4, -0.2) is 36.1 Å². The molecular formula is C21H23N5. The zero-order valence-electron chi connectivity index (χ0n) is 15.1. The molecule has 0 spiro atoms. The van der Waals surface area contributed by atoms with Crippen molar-refractivity contribution in [3.8, 4) is 12.1 Å². The quantitative estimate of drug-likeness (QED) is 0.850. The van der Waals surface area contributed by atoms with Crippen LogP contribution in [0.5, 0.6) is 0 Å². The van der Waals surface area contributed by atoms with Gasteiger partial charge in [-0.1, -0.05) is 12.1 Å². The van der Waals surface area contributed by atoms with Crippen molar-refractivity contribution in [2.24, 2.45) is 0 Å². The Morgan fingerprint density at radius 2 is 2.00 bits per heavy atom. The van der Waals surface area contributed by atoms with Gasteiger partial charge in [0.25, 0.3) is 0 Å². The molecule has 0 radical (unpaired) electrons. The Labute approximate surface area is 155 Å². The van der Waals surface area contributed by atoms with Crippen LogP contribution in [0.1, 0.15) is 36.1 Å². The average Bonchev–Trinajstić information content (AvgIpc) is 2.94. The lowest BCUT2D eigenvalue weighted by molar-refractivity contribution is 0.215. The average molecular weight is 345 g/mol. The second-order valence-electron chi connectivity index (χ2n) is 6.73. The molecule has 26 heavy (non-hydrogen) atoms. The summed E-state index contributed by atoms with van der Waals surface area (Å²) in [6, 6.07) is 16.4. The van der Waals surface area contributed by atoms with Gasteiger partial charge in [0.05, 0.1) is 22.5 Å². The first-order valence-corrected chi connectivity index (χ1v) is 9.01. The summed E-state index contributed by atoms with van der Waals surface area (Å²) in [5.41, 5.74) is 2.93. The zero-order valence-corrected chi connectivity index (χ0v) is 15.1. The molecule has 3 rings (SSSR count). The van der Waals surface area contributed by atoms with Gasteiger partial charge >= 0.3 is 0 Å². The summed E-state index contributed by atoms with van der Waals surface area (Å²) in [4.78, 5) is 9.06. The third-order valence-corrected chi connectivity index (χ3v) is 5.07. The number of benzene rings is 1. The summed E-state index contributed by atoms with van der Waals surface area (Å²) in [6.07, 6.45) is 5.06.